The number of rotatable bonds is 2. The zero-order valence-corrected chi connectivity index (χ0v) is 13.2. The van der Waals surface area contributed by atoms with E-state index >= 15 is 0 Å². The third-order valence-corrected chi connectivity index (χ3v) is 6.33. The second-order valence-corrected chi connectivity index (χ2v) is 7.52. The molecular weight excluding hydrogens is 272 g/mol. The van der Waals surface area contributed by atoms with E-state index in [-0.39, 0.29) is 18.4 Å². The molecule has 0 aromatic rings. The summed E-state index contributed by atoms with van der Waals surface area (Å²) in [7, 11) is 2.08. The van der Waals surface area contributed by atoms with E-state index in [2.05, 4.69) is 17.3 Å². The molecule has 1 atom stereocenters. The van der Waals surface area contributed by atoms with Gasteiger partial charge in [0.2, 0.25) is 5.91 Å². The molecule has 0 radical (unpaired) electrons. The smallest absolute Gasteiger partial charge is 0.239 e. The molecule has 4 bridgehead atoms. The molecule has 4 saturated carbocycles. The van der Waals surface area contributed by atoms with E-state index in [0.717, 1.165) is 43.1 Å². The van der Waals surface area contributed by atoms with E-state index in [1.54, 1.807) is 0 Å². The van der Waals surface area contributed by atoms with Gasteiger partial charge < -0.3 is 10.2 Å². The molecule has 5 aliphatic rings. The molecule has 1 unspecified atom stereocenters. The van der Waals surface area contributed by atoms with Crippen LogP contribution in [-0.2, 0) is 4.79 Å². The Hall–Kier alpha value is -0.280. The van der Waals surface area contributed by atoms with Gasteiger partial charge in [0.15, 0.2) is 0 Å². The van der Waals surface area contributed by atoms with Gasteiger partial charge in [-0.1, -0.05) is 0 Å². The number of carbonyl (C=O) groups excluding carboxylic acids is 1. The van der Waals surface area contributed by atoms with Crippen molar-refractivity contribution in [1.82, 2.24) is 10.2 Å². The van der Waals surface area contributed by atoms with E-state index in [4.69, 9.17) is 0 Å². The molecule has 0 spiro atoms. The van der Waals surface area contributed by atoms with Crippen molar-refractivity contribution < 1.29 is 4.79 Å². The molecule has 1 heterocycles. The summed E-state index contributed by atoms with van der Waals surface area (Å²) < 4.78 is 0. The van der Waals surface area contributed by atoms with Crippen LogP contribution in [0.4, 0.5) is 0 Å². The minimum Gasteiger partial charge on any atom is -0.341 e. The van der Waals surface area contributed by atoms with Crippen molar-refractivity contribution in [1.29, 1.82) is 0 Å². The Bertz CT molecular complexity index is 353. The fourth-order valence-electron chi connectivity index (χ4n) is 5.82. The van der Waals surface area contributed by atoms with Crippen LogP contribution in [0.3, 0.4) is 0 Å². The molecule has 20 heavy (non-hydrogen) atoms. The van der Waals surface area contributed by atoms with Gasteiger partial charge in [0.05, 0.1) is 6.04 Å². The molecule has 0 aromatic carbocycles. The van der Waals surface area contributed by atoms with Crippen molar-refractivity contribution in [3.63, 3.8) is 0 Å². The lowest BCUT2D eigenvalue weighted by Gasteiger charge is -2.56. The lowest BCUT2D eigenvalue weighted by molar-refractivity contribution is -0.143. The van der Waals surface area contributed by atoms with Crippen LogP contribution in [0.1, 0.15) is 44.9 Å². The fourth-order valence-corrected chi connectivity index (χ4v) is 5.82. The molecule has 5 fully saturated rings. The average molecular weight is 299 g/mol. The number of hydrogen-bond acceptors (Lipinski definition) is 2. The first-order chi connectivity index (χ1) is 9.22. The fraction of sp³-hybridized carbons (Fsp3) is 0.938. The van der Waals surface area contributed by atoms with Crippen LogP contribution in [0, 0.1) is 23.7 Å². The van der Waals surface area contributed by atoms with Gasteiger partial charge in [-0.3, -0.25) is 4.79 Å². The predicted molar refractivity (Wildman–Crippen MR) is 81.9 cm³/mol. The highest BCUT2D eigenvalue weighted by Gasteiger charge is 2.50. The highest BCUT2D eigenvalue weighted by atomic mass is 35.5. The van der Waals surface area contributed by atoms with Gasteiger partial charge in [0.1, 0.15) is 0 Å². The van der Waals surface area contributed by atoms with Crippen LogP contribution >= 0.6 is 12.4 Å². The number of hydrogen-bond donors (Lipinski definition) is 1. The van der Waals surface area contributed by atoms with Crippen molar-refractivity contribution in [3.8, 4) is 0 Å². The van der Waals surface area contributed by atoms with Crippen LogP contribution in [0.2, 0.25) is 0 Å². The number of likely N-dealkylation sites (N-methyl/N-ethyl adjacent to an activating group) is 1. The van der Waals surface area contributed by atoms with Crippen molar-refractivity contribution in [3.05, 3.63) is 0 Å². The molecule has 0 aromatic heterocycles. The Morgan fingerprint density at radius 2 is 1.65 bits per heavy atom. The maximum Gasteiger partial charge on any atom is 0.239 e. The molecule has 1 N–H and O–H groups in total. The summed E-state index contributed by atoms with van der Waals surface area (Å²) in [4.78, 5) is 14.8. The minimum atomic E-state index is 0. The monoisotopic (exact) mass is 298 g/mol. The van der Waals surface area contributed by atoms with Crippen molar-refractivity contribution in [2.45, 2.75) is 57.0 Å². The maximum absolute atomic E-state index is 12.6. The Morgan fingerprint density at radius 1 is 1.05 bits per heavy atom. The van der Waals surface area contributed by atoms with Gasteiger partial charge >= 0.3 is 0 Å². The summed E-state index contributed by atoms with van der Waals surface area (Å²) in [6.07, 6.45) is 9.27. The van der Waals surface area contributed by atoms with Crippen molar-refractivity contribution >= 4 is 18.3 Å². The minimum absolute atomic E-state index is 0. The number of nitrogens with one attached hydrogen (secondary N) is 1. The first kappa shape index (κ1) is 14.6. The van der Waals surface area contributed by atoms with Crippen LogP contribution in [0.25, 0.3) is 0 Å². The van der Waals surface area contributed by atoms with Crippen LogP contribution in [0.5, 0.6) is 0 Å². The molecule has 5 rings (SSSR count). The Kier molecular flexibility index (Phi) is 4.02. The van der Waals surface area contributed by atoms with Gasteiger partial charge in [0.25, 0.3) is 0 Å². The van der Waals surface area contributed by atoms with Crippen molar-refractivity contribution in [2.75, 3.05) is 13.6 Å². The number of halogens is 1. The normalized spacial score (nSPS) is 45.2. The average Bonchev–Trinajstić information content (AvgIpc) is 2.90. The number of amides is 1. The van der Waals surface area contributed by atoms with E-state index in [1.165, 1.54) is 32.1 Å². The third kappa shape index (κ3) is 2.27. The van der Waals surface area contributed by atoms with E-state index < -0.39 is 0 Å². The summed E-state index contributed by atoms with van der Waals surface area (Å²) in [6.45, 7) is 1.02. The zero-order chi connectivity index (χ0) is 13.0. The van der Waals surface area contributed by atoms with Crippen LogP contribution < -0.4 is 5.32 Å². The largest absolute Gasteiger partial charge is 0.341 e. The summed E-state index contributed by atoms with van der Waals surface area (Å²) >= 11 is 0. The van der Waals surface area contributed by atoms with Gasteiger partial charge in [0, 0.05) is 13.1 Å². The molecule has 4 aliphatic carbocycles. The standard InChI is InChI=1S/C16H26N2O.ClH/c1-18(16(19)14-3-2-4-17-14)15-12-6-10-5-11(8-12)9-13(15)7-10;/h10-15,17H,2-9H2,1H3;1H. The molecule has 1 aliphatic heterocycles. The SMILES string of the molecule is CN(C(=O)C1CCCN1)C1C2CC3CC(C2)CC1C3.Cl. The van der Waals surface area contributed by atoms with Gasteiger partial charge in [-0.25, -0.2) is 0 Å². The molecule has 114 valence electrons. The lowest BCUT2D eigenvalue weighted by atomic mass is 9.54. The second kappa shape index (κ2) is 5.49. The zero-order valence-electron chi connectivity index (χ0n) is 12.4. The Morgan fingerprint density at radius 3 is 2.15 bits per heavy atom. The predicted octanol–water partition coefficient (Wildman–Crippen LogP) is 2.44. The summed E-state index contributed by atoms with van der Waals surface area (Å²) in [5.74, 6) is 3.98. The molecular formula is C16H27ClN2O. The maximum atomic E-state index is 12.6. The molecule has 1 saturated heterocycles. The quantitative estimate of drug-likeness (QED) is 0.849. The van der Waals surface area contributed by atoms with E-state index in [9.17, 15) is 4.79 Å². The van der Waals surface area contributed by atoms with Gasteiger partial charge in [-0.2, -0.15) is 0 Å². The Balaban J connectivity index is 0.00000121. The summed E-state index contributed by atoms with van der Waals surface area (Å²) in [5, 5.41) is 3.37. The van der Waals surface area contributed by atoms with E-state index in [0.29, 0.717) is 11.9 Å². The van der Waals surface area contributed by atoms with Crippen LogP contribution in [-0.4, -0.2) is 36.5 Å². The van der Waals surface area contributed by atoms with Gasteiger partial charge in [-0.15, -0.1) is 12.4 Å². The Labute approximate surface area is 128 Å². The highest BCUT2D eigenvalue weighted by Crippen LogP contribution is 2.55. The number of nitrogens with zero attached hydrogens (tertiary/aromatic N) is 1. The highest BCUT2D eigenvalue weighted by molar-refractivity contribution is 5.85. The number of carbonyl (C=O) groups is 1. The molecule has 3 nitrogen and oxygen atoms in total. The topological polar surface area (TPSA) is 32.3 Å². The third-order valence-electron chi connectivity index (χ3n) is 6.33. The van der Waals surface area contributed by atoms with Gasteiger partial charge in [-0.05, 0) is 75.2 Å². The van der Waals surface area contributed by atoms with E-state index in [1.807, 2.05) is 0 Å². The van der Waals surface area contributed by atoms with Crippen LogP contribution in [0.15, 0.2) is 0 Å². The molecule has 4 heteroatoms. The molecule has 1 amide bonds. The second-order valence-electron chi connectivity index (χ2n) is 7.52. The summed E-state index contributed by atoms with van der Waals surface area (Å²) in [5.41, 5.74) is 0. The lowest BCUT2D eigenvalue weighted by Crippen LogP contribution is -2.58. The summed E-state index contributed by atoms with van der Waals surface area (Å²) in [6, 6.07) is 0.671. The first-order valence-corrected chi connectivity index (χ1v) is 8.22. The first-order valence-electron chi connectivity index (χ1n) is 8.22. The van der Waals surface area contributed by atoms with Crippen molar-refractivity contribution in [2.24, 2.45) is 23.7 Å².